The van der Waals surface area contributed by atoms with E-state index in [4.69, 9.17) is 39.5 Å². The van der Waals surface area contributed by atoms with E-state index in [1.807, 2.05) is 13.0 Å². The average molecular weight is 609 g/mol. The number of rotatable bonds is 7. The van der Waals surface area contributed by atoms with Crippen LogP contribution in [0.25, 0.3) is 10.9 Å². The lowest BCUT2D eigenvalue weighted by Crippen LogP contribution is -2.22. The number of aryl methyl sites for hydroxylation is 1. The number of hydrogen-bond donors (Lipinski definition) is 1. The van der Waals surface area contributed by atoms with Crippen molar-refractivity contribution in [3.63, 3.8) is 0 Å². The lowest BCUT2D eigenvalue weighted by atomic mass is 10.2. The number of amides is 1. The van der Waals surface area contributed by atoms with Crippen molar-refractivity contribution in [1.82, 2.24) is 9.66 Å². The maximum absolute atomic E-state index is 13.0. The molecule has 0 aliphatic heterocycles. The summed E-state index contributed by atoms with van der Waals surface area (Å²) in [5.41, 5.74) is 1.41. The van der Waals surface area contributed by atoms with Gasteiger partial charge in [-0.05, 0) is 60.2 Å². The van der Waals surface area contributed by atoms with Crippen LogP contribution in [0.4, 0.5) is 5.69 Å². The molecule has 0 aliphatic carbocycles. The Hall–Kier alpha value is -2.91. The standard InChI is InChI=1S/C25H18BrCl3N4O3/c1-2-22-32-21-8-3-15(26)11-18(21)25(35)33(22)30-12-14-9-19(28)24(20(29)10-14)36-13-23(34)31-17-6-4-16(27)5-7-17/h3-12H,2,13H2,1H3,(H,31,34). The van der Waals surface area contributed by atoms with Gasteiger partial charge in [-0.15, -0.1) is 0 Å². The van der Waals surface area contributed by atoms with Crippen LogP contribution in [-0.4, -0.2) is 28.4 Å². The number of aromatic nitrogens is 2. The Balaban J connectivity index is 1.52. The predicted molar refractivity (Wildman–Crippen MR) is 148 cm³/mol. The Morgan fingerprint density at radius 1 is 1.11 bits per heavy atom. The van der Waals surface area contributed by atoms with Gasteiger partial charge in [0.25, 0.3) is 11.5 Å². The Morgan fingerprint density at radius 2 is 1.81 bits per heavy atom. The van der Waals surface area contributed by atoms with E-state index in [9.17, 15) is 9.59 Å². The Morgan fingerprint density at radius 3 is 2.47 bits per heavy atom. The quantitative estimate of drug-likeness (QED) is 0.240. The summed E-state index contributed by atoms with van der Waals surface area (Å²) in [6, 6.07) is 15.1. The number of benzene rings is 3. The molecule has 3 aromatic carbocycles. The van der Waals surface area contributed by atoms with Gasteiger partial charge < -0.3 is 10.1 Å². The summed E-state index contributed by atoms with van der Waals surface area (Å²) in [6.45, 7) is 1.59. The topological polar surface area (TPSA) is 85.6 Å². The molecular weight excluding hydrogens is 591 g/mol. The van der Waals surface area contributed by atoms with Crippen molar-refractivity contribution in [1.29, 1.82) is 0 Å². The summed E-state index contributed by atoms with van der Waals surface area (Å²) < 4.78 is 7.56. The second-order valence-electron chi connectivity index (χ2n) is 7.56. The van der Waals surface area contributed by atoms with Gasteiger partial charge in [-0.25, -0.2) is 4.98 Å². The lowest BCUT2D eigenvalue weighted by molar-refractivity contribution is -0.118. The third kappa shape index (κ3) is 6.07. The summed E-state index contributed by atoms with van der Waals surface area (Å²) in [5, 5.41) is 8.40. The number of ether oxygens (including phenoxy) is 1. The highest BCUT2D eigenvalue weighted by molar-refractivity contribution is 9.10. The zero-order chi connectivity index (χ0) is 25.8. The van der Waals surface area contributed by atoms with Crippen molar-refractivity contribution in [3.05, 3.63) is 95.9 Å². The smallest absolute Gasteiger partial charge is 0.282 e. The van der Waals surface area contributed by atoms with Crippen molar-refractivity contribution in [2.24, 2.45) is 5.10 Å². The van der Waals surface area contributed by atoms with Crippen LogP contribution in [0.1, 0.15) is 18.3 Å². The van der Waals surface area contributed by atoms with Crippen LogP contribution in [0.5, 0.6) is 5.75 Å². The predicted octanol–water partition coefficient (Wildman–Crippen LogP) is 6.58. The van der Waals surface area contributed by atoms with Gasteiger partial charge in [-0.1, -0.05) is 57.7 Å². The number of halogens is 4. The van der Waals surface area contributed by atoms with Gasteiger partial charge in [0.2, 0.25) is 0 Å². The zero-order valence-corrected chi connectivity index (χ0v) is 22.6. The Kier molecular flexibility index (Phi) is 8.31. The number of anilines is 1. The third-order valence-electron chi connectivity index (χ3n) is 5.01. The highest BCUT2D eigenvalue weighted by Gasteiger charge is 2.13. The fraction of sp³-hybridized carbons (Fsp3) is 0.120. The summed E-state index contributed by atoms with van der Waals surface area (Å²) in [7, 11) is 0. The number of nitrogens with zero attached hydrogens (tertiary/aromatic N) is 3. The van der Waals surface area contributed by atoms with Gasteiger partial charge in [0.15, 0.2) is 12.4 Å². The third-order valence-corrected chi connectivity index (χ3v) is 6.32. The molecule has 36 heavy (non-hydrogen) atoms. The molecule has 0 fully saturated rings. The minimum atomic E-state index is -0.392. The number of hydrogen-bond acceptors (Lipinski definition) is 5. The van der Waals surface area contributed by atoms with E-state index in [0.717, 1.165) is 4.47 Å². The van der Waals surface area contributed by atoms with Crippen LogP contribution in [0, 0.1) is 0 Å². The normalized spacial score (nSPS) is 11.2. The van der Waals surface area contributed by atoms with Crippen LogP contribution in [0.3, 0.4) is 0 Å². The summed E-state index contributed by atoms with van der Waals surface area (Å²) in [4.78, 5) is 29.8. The zero-order valence-electron chi connectivity index (χ0n) is 18.8. The maximum Gasteiger partial charge on any atom is 0.282 e. The number of carbonyl (C=O) groups excluding carboxylic acids is 1. The van der Waals surface area contributed by atoms with Gasteiger partial charge >= 0.3 is 0 Å². The molecule has 4 rings (SSSR count). The highest BCUT2D eigenvalue weighted by atomic mass is 79.9. The van der Waals surface area contributed by atoms with Crippen molar-refractivity contribution in [3.8, 4) is 5.75 Å². The molecule has 184 valence electrons. The molecule has 0 atom stereocenters. The summed E-state index contributed by atoms with van der Waals surface area (Å²) >= 11 is 21.9. The molecule has 1 amide bonds. The summed E-state index contributed by atoms with van der Waals surface area (Å²) in [5.74, 6) is 0.275. The van der Waals surface area contributed by atoms with Crippen LogP contribution in [-0.2, 0) is 11.2 Å². The van der Waals surface area contributed by atoms with Crippen LogP contribution < -0.4 is 15.6 Å². The number of nitrogens with one attached hydrogen (secondary N) is 1. The minimum absolute atomic E-state index is 0.158. The van der Waals surface area contributed by atoms with E-state index in [0.29, 0.717) is 39.4 Å². The fourth-order valence-electron chi connectivity index (χ4n) is 3.33. The first kappa shape index (κ1) is 26.2. The molecule has 1 heterocycles. The first-order valence-corrected chi connectivity index (χ1v) is 12.6. The van der Waals surface area contributed by atoms with Crippen LogP contribution in [0.2, 0.25) is 15.1 Å². The van der Waals surface area contributed by atoms with Crippen LogP contribution in [0.15, 0.2) is 69.0 Å². The van der Waals surface area contributed by atoms with E-state index in [1.165, 1.54) is 10.9 Å². The molecule has 0 saturated heterocycles. The van der Waals surface area contributed by atoms with Crippen molar-refractivity contribution in [2.75, 3.05) is 11.9 Å². The number of carbonyl (C=O) groups is 1. The summed E-state index contributed by atoms with van der Waals surface area (Å²) in [6.07, 6.45) is 1.96. The molecule has 4 aromatic rings. The number of fused-ring (bicyclic) bond motifs is 1. The molecule has 1 aromatic heterocycles. The monoisotopic (exact) mass is 606 g/mol. The van der Waals surface area contributed by atoms with E-state index in [-0.39, 0.29) is 28.0 Å². The molecule has 0 aliphatic rings. The first-order valence-electron chi connectivity index (χ1n) is 10.7. The molecular formula is C25H18BrCl3N4O3. The first-order chi connectivity index (χ1) is 17.2. The molecule has 0 radical (unpaired) electrons. The van der Waals surface area contributed by atoms with Crippen LogP contribution >= 0.6 is 50.7 Å². The van der Waals surface area contributed by atoms with Gasteiger partial charge in [0.05, 0.1) is 27.2 Å². The minimum Gasteiger partial charge on any atom is -0.481 e. The molecule has 0 unspecified atom stereocenters. The van der Waals surface area contributed by atoms with E-state index in [1.54, 1.807) is 48.5 Å². The molecule has 0 saturated carbocycles. The largest absolute Gasteiger partial charge is 0.481 e. The van der Waals surface area contributed by atoms with Crippen molar-refractivity contribution < 1.29 is 9.53 Å². The van der Waals surface area contributed by atoms with Crippen molar-refractivity contribution in [2.45, 2.75) is 13.3 Å². The molecule has 1 N–H and O–H groups in total. The SMILES string of the molecule is CCc1nc2ccc(Br)cc2c(=O)n1N=Cc1cc(Cl)c(OCC(=O)Nc2ccc(Cl)cc2)c(Cl)c1. The fourth-order valence-corrected chi connectivity index (χ4v) is 4.43. The Labute approximate surface area is 229 Å². The Bertz CT molecular complexity index is 1520. The van der Waals surface area contributed by atoms with E-state index in [2.05, 4.69) is 31.3 Å². The second kappa shape index (κ2) is 11.4. The molecule has 11 heteroatoms. The van der Waals surface area contributed by atoms with Crippen molar-refractivity contribution >= 4 is 79.4 Å². The van der Waals surface area contributed by atoms with Gasteiger partial charge in [0.1, 0.15) is 5.82 Å². The molecule has 0 spiro atoms. The molecule has 0 bridgehead atoms. The molecule has 7 nitrogen and oxygen atoms in total. The van der Waals surface area contributed by atoms with E-state index >= 15 is 0 Å². The van der Waals surface area contributed by atoms with Gasteiger partial charge in [-0.3, -0.25) is 9.59 Å². The van der Waals surface area contributed by atoms with E-state index < -0.39 is 5.91 Å². The second-order valence-corrected chi connectivity index (χ2v) is 9.73. The maximum atomic E-state index is 13.0. The average Bonchev–Trinajstić information content (AvgIpc) is 2.84. The van der Waals surface area contributed by atoms with Gasteiger partial charge in [-0.2, -0.15) is 9.78 Å². The van der Waals surface area contributed by atoms with Gasteiger partial charge in [0, 0.05) is 21.6 Å². The highest BCUT2D eigenvalue weighted by Crippen LogP contribution is 2.34. The lowest BCUT2D eigenvalue weighted by Gasteiger charge is -2.11.